The number of anilines is 1. The highest BCUT2D eigenvalue weighted by Crippen LogP contribution is 2.38. The van der Waals surface area contributed by atoms with Gasteiger partial charge in [-0.2, -0.15) is 5.10 Å². The number of carbonyl (C=O) groups excluding carboxylic acids is 1. The minimum Gasteiger partial charge on any atom is -0.388 e. The van der Waals surface area contributed by atoms with Crippen molar-refractivity contribution >= 4 is 17.3 Å². The van der Waals surface area contributed by atoms with Gasteiger partial charge in [-0.1, -0.05) is 6.08 Å². The molecular weight excluding hydrogens is 316 g/mol. The smallest absolute Gasteiger partial charge is 0.260 e. The van der Waals surface area contributed by atoms with Crippen LogP contribution in [0.15, 0.2) is 28.9 Å². The molecule has 1 heterocycles. The number of aliphatic hydroxyl groups excluding tert-OH is 1. The Labute approximate surface area is 148 Å². The molecule has 1 amide bonds. The summed E-state index contributed by atoms with van der Waals surface area (Å²) in [6.45, 7) is 2.96. The normalized spacial score (nSPS) is 23.0. The van der Waals surface area contributed by atoms with E-state index in [1.165, 1.54) is 0 Å². The molecule has 6 nitrogen and oxygen atoms in total. The van der Waals surface area contributed by atoms with Crippen molar-refractivity contribution < 1.29 is 9.90 Å². The molecule has 0 aromatic heterocycles. The Morgan fingerprint density at radius 2 is 2.28 bits per heavy atom. The van der Waals surface area contributed by atoms with Crippen LogP contribution in [0.5, 0.6) is 0 Å². The Bertz CT molecular complexity index is 739. The fraction of sp³-hybridized carbons (Fsp3) is 0.474. The molecule has 0 saturated carbocycles. The number of nitrogens with zero attached hydrogens (tertiary/aromatic N) is 2. The maximum Gasteiger partial charge on any atom is 0.260 e. The number of benzene rings is 1. The van der Waals surface area contributed by atoms with Crippen molar-refractivity contribution in [2.24, 2.45) is 10.8 Å². The molecule has 2 aliphatic rings. The summed E-state index contributed by atoms with van der Waals surface area (Å²) < 4.78 is 0. The molecule has 0 bridgehead atoms. The van der Waals surface area contributed by atoms with Gasteiger partial charge in [0.1, 0.15) is 5.71 Å². The first-order valence-electron chi connectivity index (χ1n) is 8.90. The average molecular weight is 342 g/mol. The van der Waals surface area contributed by atoms with E-state index in [1.807, 2.05) is 13.0 Å². The third kappa shape index (κ3) is 3.07. The summed E-state index contributed by atoms with van der Waals surface area (Å²) in [5.41, 5.74) is 13.5. The van der Waals surface area contributed by atoms with Crippen LogP contribution in [0.2, 0.25) is 0 Å². The first-order valence-corrected chi connectivity index (χ1v) is 8.90. The summed E-state index contributed by atoms with van der Waals surface area (Å²) in [7, 11) is 1.72. The van der Waals surface area contributed by atoms with Gasteiger partial charge in [-0.15, -0.1) is 0 Å². The number of nitrogens with one attached hydrogen (secondary N) is 1. The van der Waals surface area contributed by atoms with Gasteiger partial charge in [0.15, 0.2) is 0 Å². The van der Waals surface area contributed by atoms with Gasteiger partial charge in [-0.25, -0.2) is 0 Å². The lowest BCUT2D eigenvalue weighted by atomic mass is 9.84. The number of hydrazone groups is 1. The molecule has 6 heteroatoms. The van der Waals surface area contributed by atoms with Gasteiger partial charge in [-0.05, 0) is 62.4 Å². The van der Waals surface area contributed by atoms with Gasteiger partial charge in [-0.3, -0.25) is 4.79 Å². The van der Waals surface area contributed by atoms with E-state index in [-0.39, 0.29) is 5.91 Å². The monoisotopic (exact) mass is 342 g/mol. The molecular formula is C19H26N4O2. The van der Waals surface area contributed by atoms with Crippen LogP contribution in [0.4, 0.5) is 5.69 Å². The molecule has 0 saturated heterocycles. The number of hydrogen-bond acceptors (Lipinski definition) is 5. The molecule has 1 aliphatic carbocycles. The molecule has 1 aromatic rings. The number of aryl methyl sites for hydroxylation is 1. The van der Waals surface area contributed by atoms with E-state index < -0.39 is 6.10 Å². The summed E-state index contributed by atoms with van der Waals surface area (Å²) in [6, 6.07) is 4.06. The van der Waals surface area contributed by atoms with Crippen LogP contribution in [-0.2, 0) is 11.2 Å². The number of fused-ring (bicyclic) bond motifs is 2. The first kappa shape index (κ1) is 17.6. The second-order valence-electron chi connectivity index (χ2n) is 6.46. The number of aliphatic hydroxyl groups is 1. The summed E-state index contributed by atoms with van der Waals surface area (Å²) in [4.78, 5) is 14.8. The average Bonchev–Trinajstić information content (AvgIpc) is 2.61. The number of amides is 1. The lowest BCUT2D eigenvalue weighted by Gasteiger charge is -2.34. The topological polar surface area (TPSA) is 91.0 Å². The lowest BCUT2D eigenvalue weighted by molar-refractivity contribution is -0.114. The molecule has 3 rings (SSSR count). The first-order chi connectivity index (χ1) is 12.1. The van der Waals surface area contributed by atoms with Crippen LogP contribution >= 0.6 is 0 Å². The van der Waals surface area contributed by atoms with Crippen LogP contribution in [0, 0.1) is 0 Å². The van der Waals surface area contributed by atoms with E-state index in [1.54, 1.807) is 18.0 Å². The van der Waals surface area contributed by atoms with Gasteiger partial charge in [0, 0.05) is 19.2 Å². The summed E-state index contributed by atoms with van der Waals surface area (Å²) in [5, 5.41) is 14.8. The Morgan fingerprint density at radius 3 is 2.96 bits per heavy atom. The number of allylic oxidation sites excluding steroid dienone is 1. The Kier molecular flexibility index (Phi) is 5.20. The predicted octanol–water partition coefficient (Wildman–Crippen LogP) is 1.62. The molecule has 0 spiro atoms. The minimum absolute atomic E-state index is 0.0474. The van der Waals surface area contributed by atoms with Crippen molar-refractivity contribution in [2.75, 3.05) is 25.0 Å². The maximum atomic E-state index is 13.0. The highest BCUT2D eigenvalue weighted by molar-refractivity contribution is 6.36. The standard InChI is InChI=1S/C19H26N4O2/c1-3-13-18(22-21-2)15-11-14-12(6-4-7-17(14)24)10-16(15)23(19(13)25)9-5-8-20/h3,10-11,17,21,24H,4-9,20H2,1-2H3/b13-3-,22-18+. The summed E-state index contributed by atoms with van der Waals surface area (Å²) in [6.07, 6.45) is 4.74. The van der Waals surface area contributed by atoms with Crippen molar-refractivity contribution in [3.8, 4) is 0 Å². The van der Waals surface area contributed by atoms with Crippen molar-refractivity contribution in [3.63, 3.8) is 0 Å². The van der Waals surface area contributed by atoms with E-state index in [0.717, 1.165) is 48.1 Å². The van der Waals surface area contributed by atoms with Gasteiger partial charge >= 0.3 is 0 Å². The number of carbonyl (C=O) groups is 1. The Balaban J connectivity index is 2.21. The molecule has 25 heavy (non-hydrogen) atoms. The number of nitrogens with two attached hydrogens (primary N) is 1. The Morgan fingerprint density at radius 1 is 1.48 bits per heavy atom. The van der Waals surface area contributed by atoms with Gasteiger partial charge < -0.3 is 21.2 Å². The fourth-order valence-electron chi connectivity index (χ4n) is 3.69. The second kappa shape index (κ2) is 7.37. The second-order valence-corrected chi connectivity index (χ2v) is 6.46. The predicted molar refractivity (Wildman–Crippen MR) is 99.7 cm³/mol. The van der Waals surface area contributed by atoms with Crippen LogP contribution < -0.4 is 16.1 Å². The quantitative estimate of drug-likeness (QED) is 0.573. The zero-order chi connectivity index (χ0) is 18.0. The number of hydrogen-bond donors (Lipinski definition) is 3. The van der Waals surface area contributed by atoms with Crippen LogP contribution in [0.1, 0.15) is 49.0 Å². The van der Waals surface area contributed by atoms with E-state index in [2.05, 4.69) is 16.6 Å². The van der Waals surface area contributed by atoms with Gasteiger partial charge in [0.2, 0.25) is 0 Å². The molecule has 0 radical (unpaired) electrons. The van der Waals surface area contributed by atoms with Crippen LogP contribution in [0.3, 0.4) is 0 Å². The number of rotatable bonds is 4. The van der Waals surface area contributed by atoms with Crippen LogP contribution in [-0.4, -0.2) is 36.9 Å². The molecule has 1 aromatic carbocycles. The van der Waals surface area contributed by atoms with Gasteiger partial charge in [0.25, 0.3) is 5.91 Å². The lowest BCUT2D eigenvalue weighted by Crippen LogP contribution is -2.41. The van der Waals surface area contributed by atoms with E-state index >= 15 is 0 Å². The molecule has 134 valence electrons. The molecule has 1 atom stereocenters. The third-order valence-electron chi connectivity index (χ3n) is 4.91. The van der Waals surface area contributed by atoms with E-state index in [9.17, 15) is 9.90 Å². The third-order valence-corrected chi connectivity index (χ3v) is 4.91. The van der Waals surface area contributed by atoms with Crippen molar-refractivity contribution in [2.45, 2.75) is 38.7 Å². The molecule has 4 N–H and O–H groups in total. The highest BCUT2D eigenvalue weighted by atomic mass is 16.3. The molecule has 1 unspecified atom stereocenters. The molecule has 1 aliphatic heterocycles. The summed E-state index contributed by atoms with van der Waals surface area (Å²) >= 11 is 0. The van der Waals surface area contributed by atoms with Crippen molar-refractivity contribution in [1.82, 2.24) is 5.43 Å². The SMILES string of the molecule is C/C=C1\C(=O)N(CCCN)c2cc3c(cc2\C1=N\NC)C(O)CCC3. The zero-order valence-corrected chi connectivity index (χ0v) is 14.9. The molecule has 0 fully saturated rings. The van der Waals surface area contributed by atoms with Crippen molar-refractivity contribution in [3.05, 3.63) is 40.5 Å². The van der Waals surface area contributed by atoms with E-state index in [0.29, 0.717) is 24.4 Å². The van der Waals surface area contributed by atoms with Crippen molar-refractivity contribution in [1.29, 1.82) is 0 Å². The minimum atomic E-state index is -0.450. The highest BCUT2D eigenvalue weighted by Gasteiger charge is 2.34. The zero-order valence-electron chi connectivity index (χ0n) is 14.9. The van der Waals surface area contributed by atoms with Gasteiger partial charge in [0.05, 0.1) is 17.4 Å². The fourth-order valence-corrected chi connectivity index (χ4v) is 3.69. The van der Waals surface area contributed by atoms with E-state index in [4.69, 9.17) is 5.73 Å². The summed E-state index contributed by atoms with van der Waals surface area (Å²) in [5.74, 6) is -0.0474. The largest absolute Gasteiger partial charge is 0.388 e. The maximum absolute atomic E-state index is 13.0. The Hall–Kier alpha value is -2.18. The van der Waals surface area contributed by atoms with Crippen LogP contribution in [0.25, 0.3) is 0 Å².